The first-order chi connectivity index (χ1) is 18.0. The number of ketones is 1. The largest absolute Gasteiger partial charge is 0.495 e. The van der Waals surface area contributed by atoms with E-state index >= 15 is 0 Å². The van der Waals surface area contributed by atoms with Crippen LogP contribution in [0.25, 0.3) is 11.8 Å². The van der Waals surface area contributed by atoms with Gasteiger partial charge in [0.05, 0.1) is 36.2 Å². The van der Waals surface area contributed by atoms with Gasteiger partial charge in [0.2, 0.25) is 0 Å². The van der Waals surface area contributed by atoms with Gasteiger partial charge in [0, 0.05) is 32.1 Å². The molecule has 1 fully saturated rings. The van der Waals surface area contributed by atoms with Crippen molar-refractivity contribution in [2.24, 2.45) is 0 Å². The van der Waals surface area contributed by atoms with Crippen LogP contribution >= 0.6 is 0 Å². The molecule has 0 radical (unpaired) electrons. The summed E-state index contributed by atoms with van der Waals surface area (Å²) in [7, 11) is 1.68. The molecule has 1 saturated heterocycles. The number of piperidine rings is 1. The first-order valence-corrected chi connectivity index (χ1v) is 12.9. The van der Waals surface area contributed by atoms with E-state index in [1.165, 1.54) is 17.7 Å². The number of anilines is 1. The van der Waals surface area contributed by atoms with Crippen molar-refractivity contribution in [1.82, 2.24) is 14.6 Å². The summed E-state index contributed by atoms with van der Waals surface area (Å²) in [5.41, 5.74) is 7.30. The quantitative estimate of drug-likeness (QED) is 0.414. The highest BCUT2D eigenvalue weighted by Gasteiger charge is 2.30. The van der Waals surface area contributed by atoms with Crippen molar-refractivity contribution in [3.63, 3.8) is 0 Å². The molecule has 7 heteroatoms. The van der Waals surface area contributed by atoms with Gasteiger partial charge in [0.25, 0.3) is 0 Å². The minimum Gasteiger partial charge on any atom is -0.495 e. The number of carbonyl (C=O) groups is 1. The fourth-order valence-corrected chi connectivity index (χ4v) is 5.29. The van der Waals surface area contributed by atoms with Crippen LogP contribution < -0.4 is 9.75 Å². The maximum absolute atomic E-state index is 13.7. The maximum atomic E-state index is 13.7. The number of benzene rings is 2. The number of halogens is 1. The number of rotatable bonds is 5. The van der Waals surface area contributed by atoms with E-state index < -0.39 is 0 Å². The van der Waals surface area contributed by atoms with Gasteiger partial charge in [-0.3, -0.25) is 14.8 Å². The Balaban J connectivity index is 1.58. The zero-order valence-corrected chi connectivity index (χ0v) is 21.7. The summed E-state index contributed by atoms with van der Waals surface area (Å²) in [5, 5.41) is 4.47. The lowest BCUT2D eigenvalue weighted by atomic mass is 9.91. The molecular weight excluding hydrogens is 467 g/mol. The molecule has 192 valence electrons. The molecule has 0 N–H and O–H groups in total. The van der Waals surface area contributed by atoms with Gasteiger partial charge < -0.3 is 9.30 Å². The van der Waals surface area contributed by atoms with Crippen LogP contribution in [0.3, 0.4) is 0 Å². The van der Waals surface area contributed by atoms with Gasteiger partial charge in [-0.05, 0) is 85.4 Å². The lowest BCUT2D eigenvalue weighted by molar-refractivity contribution is -0.118. The number of Topliss-reactive ketones (excluding diaryl/α,β-unsaturated/α-hetero) is 1. The van der Waals surface area contributed by atoms with Crippen molar-refractivity contribution in [2.45, 2.75) is 46.0 Å². The first-order valence-electron chi connectivity index (χ1n) is 12.9. The minimum atomic E-state index is -0.264. The molecule has 0 spiro atoms. The van der Waals surface area contributed by atoms with Crippen molar-refractivity contribution in [1.29, 1.82) is 0 Å². The number of allylic oxidation sites excluding steroid dienone is 2. The summed E-state index contributed by atoms with van der Waals surface area (Å²) >= 11 is 0. The van der Waals surface area contributed by atoms with E-state index in [0.29, 0.717) is 19.4 Å². The highest BCUT2D eigenvalue weighted by molar-refractivity contribution is 5.82. The standard InChI is InChI=1S/C30H33FN4O2/c1-4-23-18-27(36)13-15-34(26-10-8-25(31)9-11-26)35-14-5-6-24(30(23)35)16-22-7-12-28(29(17-22)37-3)33-19-21(2)32-20-33/h7-12,16-17,19-20H,4-6,13-15,18H2,1-3H3. The van der Waals surface area contributed by atoms with Gasteiger partial charge >= 0.3 is 0 Å². The monoisotopic (exact) mass is 500 g/mol. The first kappa shape index (κ1) is 24.8. The Morgan fingerprint density at radius 3 is 2.59 bits per heavy atom. The Bertz CT molecular complexity index is 1360. The molecule has 0 atom stereocenters. The van der Waals surface area contributed by atoms with E-state index in [-0.39, 0.29) is 11.6 Å². The smallest absolute Gasteiger partial charge is 0.143 e. The Kier molecular flexibility index (Phi) is 7.12. The number of methoxy groups -OCH3 is 1. The summed E-state index contributed by atoms with van der Waals surface area (Å²) < 4.78 is 21.4. The third-order valence-corrected chi connectivity index (χ3v) is 7.10. The summed E-state index contributed by atoms with van der Waals surface area (Å²) in [5.74, 6) is 0.743. The maximum Gasteiger partial charge on any atom is 0.143 e. The van der Waals surface area contributed by atoms with Crippen molar-refractivity contribution < 1.29 is 13.9 Å². The van der Waals surface area contributed by atoms with Crippen molar-refractivity contribution in [3.05, 3.63) is 88.9 Å². The van der Waals surface area contributed by atoms with Gasteiger partial charge in [-0.15, -0.1) is 0 Å². The molecule has 2 aliphatic rings. The zero-order valence-electron chi connectivity index (χ0n) is 21.7. The summed E-state index contributed by atoms with van der Waals surface area (Å²) in [4.78, 5) is 17.2. The van der Waals surface area contributed by atoms with Crippen LogP contribution in [0.15, 0.2) is 71.8 Å². The molecule has 2 aliphatic heterocycles. The number of nitrogens with zero attached hydrogens (tertiary/aromatic N) is 4. The zero-order chi connectivity index (χ0) is 25.9. The van der Waals surface area contributed by atoms with E-state index in [4.69, 9.17) is 4.74 Å². The van der Waals surface area contributed by atoms with Gasteiger partial charge in [-0.1, -0.05) is 13.0 Å². The van der Waals surface area contributed by atoms with Gasteiger partial charge in [0.1, 0.15) is 17.3 Å². The molecule has 37 heavy (non-hydrogen) atoms. The molecule has 0 unspecified atom stereocenters. The molecular formula is C30H33FN4O2. The fraction of sp³-hybridized carbons (Fsp3) is 0.333. The molecule has 5 rings (SSSR count). The van der Waals surface area contributed by atoms with Crippen LogP contribution in [-0.4, -0.2) is 40.5 Å². The van der Waals surface area contributed by atoms with E-state index in [9.17, 15) is 9.18 Å². The number of aromatic nitrogens is 2. The predicted octanol–water partition coefficient (Wildman–Crippen LogP) is 6.26. The topological polar surface area (TPSA) is 50.6 Å². The second-order valence-electron chi connectivity index (χ2n) is 9.62. The van der Waals surface area contributed by atoms with E-state index in [1.54, 1.807) is 25.6 Å². The van der Waals surface area contributed by atoms with E-state index in [1.807, 2.05) is 17.7 Å². The number of hydrogen-bond acceptors (Lipinski definition) is 5. The summed E-state index contributed by atoms with van der Waals surface area (Å²) in [6, 6.07) is 12.8. The number of fused-ring (bicyclic) bond motifs is 1. The molecule has 0 amide bonds. The lowest BCUT2D eigenvalue weighted by Crippen LogP contribution is -2.47. The van der Waals surface area contributed by atoms with Crippen LogP contribution in [0.5, 0.6) is 5.75 Å². The van der Waals surface area contributed by atoms with Crippen LogP contribution in [0, 0.1) is 12.7 Å². The molecule has 6 nitrogen and oxygen atoms in total. The highest BCUT2D eigenvalue weighted by Crippen LogP contribution is 2.38. The minimum absolute atomic E-state index is 0.239. The molecule has 3 aromatic rings. The van der Waals surface area contributed by atoms with E-state index in [2.05, 4.69) is 46.2 Å². The summed E-state index contributed by atoms with van der Waals surface area (Å²) in [6.45, 7) is 5.51. The van der Waals surface area contributed by atoms with Crippen molar-refractivity contribution in [2.75, 3.05) is 25.2 Å². The number of hydrazine groups is 1. The Morgan fingerprint density at radius 2 is 1.89 bits per heavy atom. The molecule has 0 saturated carbocycles. The summed E-state index contributed by atoms with van der Waals surface area (Å²) in [6.07, 6.45) is 9.63. The van der Waals surface area contributed by atoms with E-state index in [0.717, 1.165) is 65.5 Å². The third kappa shape index (κ3) is 5.17. The molecule has 1 aromatic heterocycles. The number of imidazole rings is 1. The molecule has 2 aromatic carbocycles. The van der Waals surface area contributed by atoms with Crippen molar-refractivity contribution in [3.8, 4) is 11.4 Å². The SMILES string of the molecule is CCC1=C2C(=Cc3ccc(-n4cnc(C)c4)c(OC)c3)CCCN2N(c2ccc(F)cc2)CCC(=O)C1. The molecule has 0 bridgehead atoms. The van der Waals surface area contributed by atoms with Crippen LogP contribution in [0.4, 0.5) is 10.1 Å². The lowest BCUT2D eigenvalue weighted by Gasteiger charge is -2.45. The number of carbonyl (C=O) groups excluding carboxylic acids is 1. The van der Waals surface area contributed by atoms with Gasteiger partial charge in [-0.25, -0.2) is 9.37 Å². The van der Waals surface area contributed by atoms with Crippen LogP contribution in [-0.2, 0) is 4.79 Å². The average molecular weight is 501 g/mol. The van der Waals surface area contributed by atoms with Crippen LogP contribution in [0.2, 0.25) is 0 Å². The van der Waals surface area contributed by atoms with Gasteiger partial charge in [0.15, 0.2) is 0 Å². The Labute approximate surface area is 217 Å². The van der Waals surface area contributed by atoms with Crippen molar-refractivity contribution >= 4 is 17.5 Å². The second kappa shape index (κ2) is 10.6. The number of ether oxygens (including phenoxy) is 1. The predicted molar refractivity (Wildman–Crippen MR) is 144 cm³/mol. The highest BCUT2D eigenvalue weighted by atomic mass is 19.1. The Morgan fingerprint density at radius 1 is 1.08 bits per heavy atom. The average Bonchev–Trinajstić information content (AvgIpc) is 3.33. The number of hydrogen-bond donors (Lipinski definition) is 0. The Hall–Kier alpha value is -3.87. The third-order valence-electron chi connectivity index (χ3n) is 7.10. The fourth-order valence-electron chi connectivity index (χ4n) is 5.29. The van der Waals surface area contributed by atoms with Crippen LogP contribution in [0.1, 0.15) is 50.3 Å². The molecule has 0 aliphatic carbocycles. The number of aryl methyl sites for hydroxylation is 1. The van der Waals surface area contributed by atoms with Gasteiger partial charge in [-0.2, -0.15) is 0 Å². The normalized spacial score (nSPS) is 17.6. The molecule has 3 heterocycles. The second-order valence-corrected chi connectivity index (χ2v) is 9.62.